The fraction of sp³-hybridized carbons (Fsp3) is 0.111. The molecular formula is C18H14FN5O2S. The second-order valence-corrected chi connectivity index (χ2v) is 6.98. The number of thiophene rings is 1. The number of nitrogens with one attached hydrogen (secondary N) is 2. The largest absolute Gasteiger partial charge is 0.319 e. The topological polar surface area (TPSA) is 92.7 Å². The Kier molecular flexibility index (Phi) is 4.28. The molecule has 27 heavy (non-hydrogen) atoms. The Bertz CT molecular complexity index is 1210. The highest BCUT2D eigenvalue weighted by atomic mass is 32.1. The molecule has 0 spiro atoms. The zero-order valence-electron chi connectivity index (χ0n) is 14.2. The van der Waals surface area contributed by atoms with E-state index in [0.717, 1.165) is 16.9 Å². The van der Waals surface area contributed by atoms with Crippen LogP contribution in [0.3, 0.4) is 0 Å². The van der Waals surface area contributed by atoms with Gasteiger partial charge in [0, 0.05) is 6.20 Å². The van der Waals surface area contributed by atoms with Crippen LogP contribution in [0.4, 0.5) is 10.1 Å². The highest BCUT2D eigenvalue weighted by Gasteiger charge is 2.18. The van der Waals surface area contributed by atoms with Crippen molar-refractivity contribution in [1.29, 1.82) is 0 Å². The smallest absolute Gasteiger partial charge is 0.266 e. The van der Waals surface area contributed by atoms with Crippen LogP contribution in [-0.4, -0.2) is 25.7 Å². The number of aryl methyl sites for hydroxylation is 1. The highest BCUT2D eigenvalue weighted by molar-refractivity contribution is 7.20. The number of fused-ring (bicyclic) bond motifs is 1. The summed E-state index contributed by atoms with van der Waals surface area (Å²) in [5.74, 6) is -0.641. The number of amides is 1. The third-order valence-electron chi connectivity index (χ3n) is 4.06. The molecule has 0 aliphatic heterocycles. The summed E-state index contributed by atoms with van der Waals surface area (Å²) in [6.07, 6.45) is 4.50. The van der Waals surface area contributed by atoms with Gasteiger partial charge in [-0.25, -0.2) is 9.37 Å². The first-order chi connectivity index (χ1) is 13.0. The van der Waals surface area contributed by atoms with Gasteiger partial charge in [0.1, 0.15) is 10.6 Å². The average molecular weight is 383 g/mol. The maximum absolute atomic E-state index is 13.3. The molecule has 7 nitrogen and oxygen atoms in total. The number of carbonyl (C=O) groups excluding carboxylic acids is 1. The summed E-state index contributed by atoms with van der Waals surface area (Å²) in [5, 5.41) is 7.38. The number of hydrogen-bond donors (Lipinski definition) is 2. The molecule has 4 aromatic rings. The summed E-state index contributed by atoms with van der Waals surface area (Å²) in [5.41, 5.74) is 1.60. The summed E-state index contributed by atoms with van der Waals surface area (Å²) in [7, 11) is 0. The van der Waals surface area contributed by atoms with E-state index in [4.69, 9.17) is 0 Å². The van der Waals surface area contributed by atoms with Crippen molar-refractivity contribution in [2.45, 2.75) is 13.5 Å². The molecule has 0 unspecified atom stereocenters. The number of aromatic nitrogens is 4. The second kappa shape index (κ2) is 6.76. The molecule has 0 bridgehead atoms. The number of nitrogens with zero attached hydrogens (tertiary/aromatic N) is 3. The Morgan fingerprint density at radius 3 is 3.04 bits per heavy atom. The third-order valence-corrected chi connectivity index (χ3v) is 5.26. The number of carbonyl (C=O) groups is 1. The van der Waals surface area contributed by atoms with Crippen molar-refractivity contribution in [2.24, 2.45) is 0 Å². The minimum absolute atomic E-state index is 0.268. The van der Waals surface area contributed by atoms with Gasteiger partial charge < -0.3 is 10.3 Å². The van der Waals surface area contributed by atoms with E-state index in [1.807, 2.05) is 0 Å². The molecule has 1 amide bonds. The maximum atomic E-state index is 13.3. The van der Waals surface area contributed by atoms with E-state index in [-0.39, 0.29) is 17.3 Å². The molecule has 0 radical (unpaired) electrons. The molecule has 0 atom stereocenters. The molecule has 9 heteroatoms. The monoisotopic (exact) mass is 383 g/mol. The van der Waals surface area contributed by atoms with Gasteiger partial charge in [-0.05, 0) is 30.2 Å². The minimum Gasteiger partial charge on any atom is -0.319 e. The highest BCUT2D eigenvalue weighted by Crippen LogP contribution is 2.27. The van der Waals surface area contributed by atoms with Crippen LogP contribution in [0, 0.1) is 12.7 Å². The van der Waals surface area contributed by atoms with E-state index in [0.29, 0.717) is 32.9 Å². The Labute approximate surface area is 156 Å². The number of aromatic amines is 1. The Hall–Kier alpha value is -3.33. The van der Waals surface area contributed by atoms with Crippen molar-refractivity contribution in [3.63, 3.8) is 0 Å². The van der Waals surface area contributed by atoms with Crippen LogP contribution < -0.4 is 10.9 Å². The Morgan fingerprint density at radius 2 is 2.26 bits per heavy atom. The third kappa shape index (κ3) is 3.36. The van der Waals surface area contributed by atoms with Crippen molar-refractivity contribution in [2.75, 3.05) is 5.32 Å². The van der Waals surface area contributed by atoms with E-state index in [2.05, 4.69) is 20.4 Å². The van der Waals surface area contributed by atoms with Gasteiger partial charge in [0.2, 0.25) is 0 Å². The van der Waals surface area contributed by atoms with Crippen molar-refractivity contribution in [1.82, 2.24) is 19.7 Å². The lowest BCUT2D eigenvalue weighted by molar-refractivity contribution is 0.103. The fourth-order valence-electron chi connectivity index (χ4n) is 2.82. The summed E-state index contributed by atoms with van der Waals surface area (Å²) in [6.45, 7) is 2.10. The molecule has 3 aromatic heterocycles. The molecule has 2 N–H and O–H groups in total. The summed E-state index contributed by atoms with van der Waals surface area (Å²) in [4.78, 5) is 32.1. The van der Waals surface area contributed by atoms with Crippen LogP contribution in [0.15, 0.2) is 47.8 Å². The Morgan fingerprint density at radius 1 is 1.41 bits per heavy atom. The van der Waals surface area contributed by atoms with Crippen LogP contribution in [0.5, 0.6) is 0 Å². The van der Waals surface area contributed by atoms with Gasteiger partial charge in [-0.2, -0.15) is 5.10 Å². The quantitative estimate of drug-likeness (QED) is 0.567. The van der Waals surface area contributed by atoms with Gasteiger partial charge in [0.15, 0.2) is 0 Å². The summed E-state index contributed by atoms with van der Waals surface area (Å²) < 4.78 is 14.9. The minimum atomic E-state index is -0.333. The van der Waals surface area contributed by atoms with Gasteiger partial charge >= 0.3 is 0 Å². The SMILES string of the molecule is Cc1c(C(=O)Nc2cnn(Cc3cccc(F)c3)c2)sc2nc[nH]c(=O)c12. The first-order valence-electron chi connectivity index (χ1n) is 8.06. The maximum Gasteiger partial charge on any atom is 0.266 e. The van der Waals surface area contributed by atoms with E-state index < -0.39 is 0 Å². The fourth-order valence-corrected chi connectivity index (χ4v) is 3.87. The summed E-state index contributed by atoms with van der Waals surface area (Å²) >= 11 is 1.16. The van der Waals surface area contributed by atoms with Gasteiger partial charge in [-0.15, -0.1) is 11.3 Å². The van der Waals surface area contributed by atoms with Crippen LogP contribution in [-0.2, 0) is 6.54 Å². The lowest BCUT2D eigenvalue weighted by atomic mass is 10.2. The molecule has 1 aromatic carbocycles. The van der Waals surface area contributed by atoms with E-state index >= 15 is 0 Å². The molecule has 0 saturated heterocycles. The predicted octanol–water partition coefficient (Wildman–Crippen LogP) is 2.93. The normalized spacial score (nSPS) is 11.0. The standard InChI is InChI=1S/C18H14FN5O2S/c1-10-14-16(25)20-9-21-18(14)27-15(10)17(26)23-13-6-22-24(8-13)7-11-3-2-4-12(19)5-11/h2-6,8-9H,7H2,1H3,(H,23,26)(H,20,21,25). The van der Waals surface area contributed by atoms with E-state index in [1.165, 1.54) is 24.7 Å². The number of rotatable bonds is 4. The van der Waals surface area contributed by atoms with Crippen molar-refractivity contribution in [3.8, 4) is 0 Å². The molecular weight excluding hydrogens is 369 g/mol. The number of H-pyrrole nitrogens is 1. The van der Waals surface area contributed by atoms with Gasteiger partial charge in [-0.1, -0.05) is 12.1 Å². The van der Waals surface area contributed by atoms with Crippen LogP contribution >= 0.6 is 11.3 Å². The molecule has 0 fully saturated rings. The summed E-state index contributed by atoms with van der Waals surface area (Å²) in [6, 6.07) is 6.25. The molecule has 0 aliphatic rings. The van der Waals surface area contributed by atoms with Crippen molar-refractivity contribution < 1.29 is 9.18 Å². The average Bonchev–Trinajstić information content (AvgIpc) is 3.20. The Balaban J connectivity index is 1.54. The first-order valence-corrected chi connectivity index (χ1v) is 8.88. The lowest BCUT2D eigenvalue weighted by Gasteiger charge is -2.02. The van der Waals surface area contributed by atoms with Gasteiger partial charge in [-0.3, -0.25) is 14.3 Å². The second-order valence-electron chi connectivity index (χ2n) is 5.98. The van der Waals surface area contributed by atoms with Crippen molar-refractivity contribution >= 4 is 33.1 Å². The molecule has 4 rings (SSSR count). The number of halogens is 1. The van der Waals surface area contributed by atoms with Crippen LogP contribution in [0.2, 0.25) is 0 Å². The molecule has 0 saturated carbocycles. The lowest BCUT2D eigenvalue weighted by Crippen LogP contribution is -2.12. The van der Waals surface area contributed by atoms with E-state index in [9.17, 15) is 14.0 Å². The van der Waals surface area contributed by atoms with Crippen LogP contribution in [0.25, 0.3) is 10.2 Å². The molecule has 136 valence electrons. The molecule has 0 aliphatic carbocycles. The van der Waals surface area contributed by atoms with Gasteiger partial charge in [0.05, 0.1) is 35.0 Å². The van der Waals surface area contributed by atoms with E-state index in [1.54, 1.807) is 29.9 Å². The predicted molar refractivity (Wildman–Crippen MR) is 101 cm³/mol. The van der Waals surface area contributed by atoms with Gasteiger partial charge in [0.25, 0.3) is 11.5 Å². The number of anilines is 1. The van der Waals surface area contributed by atoms with Crippen LogP contribution in [0.1, 0.15) is 20.8 Å². The first kappa shape index (κ1) is 17.1. The number of hydrogen-bond acceptors (Lipinski definition) is 5. The zero-order chi connectivity index (χ0) is 19.0. The zero-order valence-corrected chi connectivity index (χ0v) is 15.0. The number of benzene rings is 1. The molecule has 3 heterocycles. The van der Waals surface area contributed by atoms with Crippen molar-refractivity contribution in [3.05, 3.63) is 75.2 Å².